The lowest BCUT2D eigenvalue weighted by molar-refractivity contribution is 0.0953. The largest absolute Gasteiger partial charge is 0.352 e. The molecule has 1 aromatic heterocycles. The molecule has 0 unspecified atom stereocenters. The number of nitrogens with two attached hydrogens (primary N) is 1. The molecule has 0 aliphatic carbocycles. The molecule has 0 saturated carbocycles. The predicted octanol–water partition coefficient (Wildman–Crippen LogP) is 2.22. The average Bonchev–Trinajstić information content (AvgIpc) is 2.93. The van der Waals surface area contributed by atoms with E-state index in [1.54, 1.807) is 11.3 Å². The van der Waals surface area contributed by atoms with Crippen LogP contribution in [0.2, 0.25) is 0 Å². The van der Waals surface area contributed by atoms with Crippen molar-refractivity contribution in [1.82, 2.24) is 5.32 Å². The minimum Gasteiger partial charge on any atom is -0.352 e. The topological polar surface area (TPSA) is 55.1 Å². The van der Waals surface area contributed by atoms with Crippen molar-refractivity contribution in [3.63, 3.8) is 0 Å². The van der Waals surface area contributed by atoms with Gasteiger partial charge in [0.1, 0.15) is 0 Å². The van der Waals surface area contributed by atoms with E-state index in [9.17, 15) is 4.79 Å². The first-order chi connectivity index (χ1) is 9.31. The number of nitrogens with one attached hydrogen (secondary N) is 1. The molecule has 100 valence electrons. The summed E-state index contributed by atoms with van der Waals surface area (Å²) in [6, 6.07) is 11.7. The van der Waals surface area contributed by atoms with Crippen LogP contribution in [0.5, 0.6) is 0 Å². The van der Waals surface area contributed by atoms with Crippen molar-refractivity contribution >= 4 is 17.2 Å². The molecular formula is C15H18N2OS. The van der Waals surface area contributed by atoms with Crippen LogP contribution < -0.4 is 11.1 Å². The van der Waals surface area contributed by atoms with E-state index in [2.05, 4.69) is 11.4 Å². The molecule has 1 heterocycles. The number of hydrogen-bond acceptors (Lipinski definition) is 3. The summed E-state index contributed by atoms with van der Waals surface area (Å²) in [7, 11) is 0. The van der Waals surface area contributed by atoms with Crippen LogP contribution in [0.1, 0.15) is 20.8 Å². The maximum Gasteiger partial charge on any atom is 0.251 e. The number of thiophene rings is 1. The van der Waals surface area contributed by atoms with Gasteiger partial charge in [0.05, 0.1) is 0 Å². The third-order valence-corrected chi connectivity index (χ3v) is 3.85. The SMILES string of the molecule is NCCc1ccccc1C(=O)NCCc1cccs1. The van der Waals surface area contributed by atoms with Crippen molar-refractivity contribution in [1.29, 1.82) is 0 Å². The molecule has 3 N–H and O–H groups in total. The fourth-order valence-corrected chi connectivity index (χ4v) is 2.67. The number of hydrogen-bond donors (Lipinski definition) is 2. The summed E-state index contributed by atoms with van der Waals surface area (Å²) >= 11 is 1.71. The van der Waals surface area contributed by atoms with Crippen LogP contribution in [0, 0.1) is 0 Å². The molecule has 0 atom stereocenters. The van der Waals surface area contributed by atoms with E-state index in [0.29, 0.717) is 13.1 Å². The second kappa shape index (κ2) is 7.07. The van der Waals surface area contributed by atoms with Crippen LogP contribution in [0.3, 0.4) is 0 Å². The van der Waals surface area contributed by atoms with Crippen molar-refractivity contribution in [2.45, 2.75) is 12.8 Å². The van der Waals surface area contributed by atoms with Gasteiger partial charge < -0.3 is 11.1 Å². The van der Waals surface area contributed by atoms with Gasteiger partial charge in [-0.25, -0.2) is 0 Å². The zero-order valence-electron chi connectivity index (χ0n) is 10.8. The summed E-state index contributed by atoms with van der Waals surface area (Å²) in [4.78, 5) is 13.4. The highest BCUT2D eigenvalue weighted by atomic mass is 32.1. The summed E-state index contributed by atoms with van der Waals surface area (Å²) in [5.74, 6) is -0.0133. The normalized spacial score (nSPS) is 10.4. The fourth-order valence-electron chi connectivity index (χ4n) is 1.96. The zero-order chi connectivity index (χ0) is 13.5. The second-order valence-corrected chi connectivity index (χ2v) is 5.31. The zero-order valence-corrected chi connectivity index (χ0v) is 11.6. The molecule has 0 saturated heterocycles. The van der Waals surface area contributed by atoms with Gasteiger partial charge in [-0.15, -0.1) is 11.3 Å². The Morgan fingerprint density at radius 1 is 1.16 bits per heavy atom. The monoisotopic (exact) mass is 274 g/mol. The molecule has 0 bridgehead atoms. The summed E-state index contributed by atoms with van der Waals surface area (Å²) < 4.78 is 0. The molecule has 3 nitrogen and oxygen atoms in total. The Morgan fingerprint density at radius 3 is 2.74 bits per heavy atom. The molecular weight excluding hydrogens is 256 g/mol. The van der Waals surface area contributed by atoms with Gasteiger partial charge in [-0.2, -0.15) is 0 Å². The molecule has 0 aliphatic heterocycles. The van der Waals surface area contributed by atoms with Crippen molar-refractivity contribution in [2.75, 3.05) is 13.1 Å². The third kappa shape index (κ3) is 3.91. The third-order valence-electron chi connectivity index (χ3n) is 2.91. The maximum absolute atomic E-state index is 12.1. The maximum atomic E-state index is 12.1. The van der Waals surface area contributed by atoms with Gasteiger partial charge in [0, 0.05) is 17.0 Å². The first-order valence-electron chi connectivity index (χ1n) is 6.40. The number of carbonyl (C=O) groups is 1. The molecule has 2 aromatic rings. The van der Waals surface area contributed by atoms with Crippen molar-refractivity contribution in [2.24, 2.45) is 5.73 Å². The molecule has 1 amide bonds. The Hall–Kier alpha value is -1.65. The molecule has 4 heteroatoms. The highest BCUT2D eigenvalue weighted by Crippen LogP contribution is 2.10. The molecule has 2 rings (SSSR count). The van der Waals surface area contributed by atoms with Gasteiger partial charge in [0.25, 0.3) is 5.91 Å². The highest BCUT2D eigenvalue weighted by molar-refractivity contribution is 7.09. The minimum atomic E-state index is -0.0133. The second-order valence-electron chi connectivity index (χ2n) is 4.28. The van der Waals surface area contributed by atoms with E-state index in [1.165, 1.54) is 4.88 Å². The van der Waals surface area contributed by atoms with Crippen molar-refractivity contribution in [3.05, 3.63) is 57.8 Å². The Kier molecular flexibility index (Phi) is 5.12. The van der Waals surface area contributed by atoms with E-state index in [0.717, 1.165) is 24.0 Å². The van der Waals surface area contributed by atoms with Crippen LogP contribution in [0.15, 0.2) is 41.8 Å². The Labute approximate surface area is 117 Å². The molecule has 19 heavy (non-hydrogen) atoms. The van der Waals surface area contributed by atoms with E-state index in [1.807, 2.05) is 35.7 Å². The van der Waals surface area contributed by atoms with Crippen LogP contribution in [0.25, 0.3) is 0 Å². The smallest absolute Gasteiger partial charge is 0.251 e. The van der Waals surface area contributed by atoms with Crippen molar-refractivity contribution in [3.8, 4) is 0 Å². The first kappa shape index (κ1) is 13.8. The van der Waals surface area contributed by atoms with Crippen LogP contribution in [0.4, 0.5) is 0 Å². The molecule has 0 aliphatic rings. The van der Waals surface area contributed by atoms with E-state index >= 15 is 0 Å². The molecule has 0 radical (unpaired) electrons. The van der Waals surface area contributed by atoms with Crippen LogP contribution in [-0.4, -0.2) is 19.0 Å². The van der Waals surface area contributed by atoms with Gasteiger partial charge in [-0.3, -0.25) is 4.79 Å². The average molecular weight is 274 g/mol. The summed E-state index contributed by atoms with van der Waals surface area (Å²) in [6.07, 6.45) is 1.61. The van der Waals surface area contributed by atoms with Crippen LogP contribution >= 0.6 is 11.3 Å². The lowest BCUT2D eigenvalue weighted by atomic mass is 10.0. The lowest BCUT2D eigenvalue weighted by Gasteiger charge is -2.09. The van der Waals surface area contributed by atoms with E-state index < -0.39 is 0 Å². The van der Waals surface area contributed by atoms with E-state index in [4.69, 9.17) is 5.73 Å². The van der Waals surface area contributed by atoms with Gasteiger partial charge in [-0.1, -0.05) is 24.3 Å². The minimum absolute atomic E-state index is 0.0133. The molecule has 1 aromatic carbocycles. The summed E-state index contributed by atoms with van der Waals surface area (Å²) in [5, 5.41) is 5.01. The summed E-state index contributed by atoms with van der Waals surface area (Å²) in [5.41, 5.74) is 7.31. The molecule has 0 fully saturated rings. The predicted molar refractivity (Wildman–Crippen MR) is 79.6 cm³/mol. The fraction of sp³-hybridized carbons (Fsp3) is 0.267. The lowest BCUT2D eigenvalue weighted by Crippen LogP contribution is -2.26. The van der Waals surface area contributed by atoms with Gasteiger partial charge >= 0.3 is 0 Å². The number of benzene rings is 1. The Bertz CT molecular complexity index is 523. The Balaban J connectivity index is 1.92. The summed E-state index contributed by atoms with van der Waals surface area (Å²) in [6.45, 7) is 1.22. The van der Waals surface area contributed by atoms with Crippen LogP contribution in [-0.2, 0) is 12.8 Å². The van der Waals surface area contributed by atoms with Gasteiger partial charge in [-0.05, 0) is 42.5 Å². The molecule has 0 spiro atoms. The van der Waals surface area contributed by atoms with Crippen molar-refractivity contribution < 1.29 is 4.79 Å². The number of rotatable bonds is 6. The standard InChI is InChI=1S/C15H18N2OS/c16-9-7-12-4-1-2-6-14(12)15(18)17-10-8-13-5-3-11-19-13/h1-6,11H,7-10,16H2,(H,17,18). The van der Waals surface area contributed by atoms with Gasteiger partial charge in [0.2, 0.25) is 0 Å². The Morgan fingerprint density at radius 2 is 2.00 bits per heavy atom. The van der Waals surface area contributed by atoms with E-state index in [-0.39, 0.29) is 5.91 Å². The number of carbonyl (C=O) groups excluding carboxylic acids is 1. The highest BCUT2D eigenvalue weighted by Gasteiger charge is 2.09. The number of amides is 1. The quantitative estimate of drug-likeness (QED) is 0.848. The van der Waals surface area contributed by atoms with Gasteiger partial charge in [0.15, 0.2) is 0 Å². The first-order valence-corrected chi connectivity index (χ1v) is 7.28.